The molecule has 1 aliphatic rings. The first-order valence-corrected chi connectivity index (χ1v) is 5.44. The van der Waals surface area contributed by atoms with Gasteiger partial charge in [0.05, 0.1) is 5.60 Å². The molecule has 0 aromatic carbocycles. The Bertz CT molecular complexity index is 201. The van der Waals surface area contributed by atoms with E-state index < -0.39 is 16.3 Å². The van der Waals surface area contributed by atoms with Crippen molar-refractivity contribution in [2.75, 3.05) is 5.75 Å². The highest BCUT2D eigenvalue weighted by Crippen LogP contribution is 2.43. The average molecular weight is 204 g/mol. The number of hydrogen-bond donors (Lipinski definition) is 2. The van der Waals surface area contributed by atoms with Crippen molar-refractivity contribution in [1.82, 2.24) is 0 Å². The van der Waals surface area contributed by atoms with Gasteiger partial charge in [-0.1, -0.05) is 0 Å². The van der Waals surface area contributed by atoms with Crippen molar-refractivity contribution in [3.05, 3.63) is 0 Å². The fourth-order valence-electron chi connectivity index (χ4n) is 1.78. The van der Waals surface area contributed by atoms with Crippen molar-refractivity contribution >= 4 is 17.7 Å². The van der Waals surface area contributed by atoms with Gasteiger partial charge in [-0.2, -0.15) is 0 Å². The number of thioether (sulfide) groups is 1. The lowest BCUT2D eigenvalue weighted by Crippen LogP contribution is -2.40. The normalized spacial score (nSPS) is 29.2. The third-order valence-corrected chi connectivity index (χ3v) is 3.78. The molecule has 4 heteroatoms. The molecule has 1 aliphatic heterocycles. The van der Waals surface area contributed by atoms with Crippen LogP contribution in [0.25, 0.3) is 0 Å². The Morgan fingerprint density at radius 2 is 2.23 bits per heavy atom. The number of carbonyl (C=O) groups is 1. The number of aliphatic hydroxyl groups is 1. The van der Waals surface area contributed by atoms with Crippen LogP contribution in [0.1, 0.15) is 33.1 Å². The highest BCUT2D eigenvalue weighted by atomic mass is 32.2. The van der Waals surface area contributed by atoms with Crippen molar-refractivity contribution in [3.8, 4) is 0 Å². The molecule has 1 saturated heterocycles. The van der Waals surface area contributed by atoms with Crippen LogP contribution < -0.4 is 0 Å². The number of rotatable bonds is 3. The zero-order valence-corrected chi connectivity index (χ0v) is 8.86. The third kappa shape index (κ3) is 2.61. The maximum atomic E-state index is 11.1. The number of hydrogen-bond acceptors (Lipinski definition) is 3. The SMILES string of the molecule is CC(C)(O)CC1(C(=O)O)CCCS1. The first kappa shape index (κ1) is 10.9. The Morgan fingerprint density at radius 1 is 1.62 bits per heavy atom. The van der Waals surface area contributed by atoms with Crippen LogP contribution in [0.2, 0.25) is 0 Å². The molecule has 0 saturated carbocycles. The molecule has 1 rings (SSSR count). The van der Waals surface area contributed by atoms with Crippen LogP contribution in [0.15, 0.2) is 0 Å². The molecular formula is C9H16O3S. The zero-order chi connectivity index (χ0) is 10.1. The van der Waals surface area contributed by atoms with Crippen molar-refractivity contribution in [3.63, 3.8) is 0 Å². The minimum absolute atomic E-state index is 0.333. The van der Waals surface area contributed by atoms with Crippen LogP contribution in [0.4, 0.5) is 0 Å². The Morgan fingerprint density at radius 3 is 2.54 bits per heavy atom. The van der Waals surface area contributed by atoms with Crippen molar-refractivity contribution in [2.45, 2.75) is 43.5 Å². The quantitative estimate of drug-likeness (QED) is 0.731. The van der Waals surface area contributed by atoms with E-state index in [1.165, 1.54) is 11.8 Å². The van der Waals surface area contributed by atoms with Crippen LogP contribution >= 0.6 is 11.8 Å². The zero-order valence-electron chi connectivity index (χ0n) is 8.04. The molecule has 2 N–H and O–H groups in total. The summed E-state index contributed by atoms with van der Waals surface area (Å²) in [5.74, 6) is 0.111. The lowest BCUT2D eigenvalue weighted by atomic mass is 9.90. The van der Waals surface area contributed by atoms with Gasteiger partial charge in [-0.25, -0.2) is 0 Å². The molecular weight excluding hydrogens is 188 g/mol. The smallest absolute Gasteiger partial charge is 0.319 e. The van der Waals surface area contributed by atoms with Crippen LogP contribution in [-0.4, -0.2) is 32.3 Å². The highest BCUT2D eigenvalue weighted by molar-refractivity contribution is 8.01. The monoisotopic (exact) mass is 204 g/mol. The molecule has 0 aromatic rings. The second-order valence-corrected chi connectivity index (χ2v) is 5.72. The van der Waals surface area contributed by atoms with E-state index in [9.17, 15) is 9.90 Å². The molecule has 13 heavy (non-hydrogen) atoms. The fourth-order valence-corrected chi connectivity index (χ4v) is 3.33. The number of aliphatic carboxylic acids is 1. The fraction of sp³-hybridized carbons (Fsp3) is 0.889. The van der Waals surface area contributed by atoms with E-state index in [1.54, 1.807) is 13.8 Å². The highest BCUT2D eigenvalue weighted by Gasteiger charge is 2.45. The summed E-state index contributed by atoms with van der Waals surface area (Å²) in [5, 5.41) is 18.7. The summed E-state index contributed by atoms with van der Waals surface area (Å²) >= 11 is 1.47. The van der Waals surface area contributed by atoms with Crippen molar-refractivity contribution in [2.24, 2.45) is 0 Å². The minimum Gasteiger partial charge on any atom is -0.480 e. The van der Waals surface area contributed by atoms with E-state index in [4.69, 9.17) is 5.11 Å². The van der Waals surface area contributed by atoms with Gasteiger partial charge in [0.15, 0.2) is 0 Å². The summed E-state index contributed by atoms with van der Waals surface area (Å²) in [7, 11) is 0. The molecule has 0 amide bonds. The van der Waals surface area contributed by atoms with Crippen LogP contribution in [-0.2, 0) is 4.79 Å². The lowest BCUT2D eigenvalue weighted by molar-refractivity contribution is -0.141. The van der Waals surface area contributed by atoms with E-state index in [-0.39, 0.29) is 0 Å². The van der Waals surface area contributed by atoms with Crippen molar-refractivity contribution in [1.29, 1.82) is 0 Å². The van der Waals surface area contributed by atoms with Gasteiger partial charge in [0, 0.05) is 6.42 Å². The Hall–Kier alpha value is -0.220. The van der Waals surface area contributed by atoms with Gasteiger partial charge in [-0.3, -0.25) is 4.79 Å². The summed E-state index contributed by atoms with van der Waals surface area (Å²) < 4.78 is -0.738. The summed E-state index contributed by atoms with van der Waals surface area (Å²) in [4.78, 5) is 11.1. The number of carboxylic acid groups (broad SMARTS) is 1. The van der Waals surface area contributed by atoms with Crippen LogP contribution in [0.5, 0.6) is 0 Å². The molecule has 1 heterocycles. The molecule has 1 fully saturated rings. The molecule has 0 aromatic heterocycles. The van der Waals surface area contributed by atoms with Gasteiger partial charge in [-0.05, 0) is 32.4 Å². The second kappa shape index (κ2) is 3.50. The molecule has 0 aliphatic carbocycles. The first-order chi connectivity index (χ1) is 5.86. The van der Waals surface area contributed by atoms with Gasteiger partial charge in [0.1, 0.15) is 4.75 Å². The van der Waals surface area contributed by atoms with Gasteiger partial charge < -0.3 is 10.2 Å². The van der Waals surface area contributed by atoms with Gasteiger partial charge in [0.25, 0.3) is 0 Å². The van der Waals surface area contributed by atoms with E-state index in [0.717, 1.165) is 12.2 Å². The summed E-state index contributed by atoms with van der Waals surface area (Å²) in [5.41, 5.74) is -0.893. The largest absolute Gasteiger partial charge is 0.480 e. The molecule has 76 valence electrons. The summed E-state index contributed by atoms with van der Waals surface area (Å²) in [6.45, 7) is 3.33. The molecule has 3 nitrogen and oxygen atoms in total. The summed E-state index contributed by atoms with van der Waals surface area (Å²) in [6.07, 6.45) is 1.95. The van der Waals surface area contributed by atoms with Gasteiger partial charge >= 0.3 is 5.97 Å². The Balaban J connectivity index is 2.74. The van der Waals surface area contributed by atoms with E-state index in [0.29, 0.717) is 12.8 Å². The van der Waals surface area contributed by atoms with Gasteiger partial charge in [-0.15, -0.1) is 11.8 Å². The maximum absolute atomic E-state index is 11.1. The van der Waals surface area contributed by atoms with Crippen LogP contribution in [0, 0.1) is 0 Å². The second-order valence-electron chi connectivity index (χ2n) is 4.24. The minimum atomic E-state index is -0.893. The predicted octanol–water partition coefficient (Wildman–Crippen LogP) is 1.50. The molecule has 1 atom stereocenters. The average Bonchev–Trinajstić information content (AvgIpc) is 2.33. The molecule has 0 radical (unpaired) electrons. The van der Waals surface area contributed by atoms with E-state index in [1.807, 2.05) is 0 Å². The lowest BCUT2D eigenvalue weighted by Gasteiger charge is -2.29. The topological polar surface area (TPSA) is 57.5 Å². The Kier molecular flexibility index (Phi) is 2.92. The van der Waals surface area contributed by atoms with E-state index >= 15 is 0 Å². The molecule has 0 bridgehead atoms. The van der Waals surface area contributed by atoms with Gasteiger partial charge in [0.2, 0.25) is 0 Å². The Labute approximate surface area is 82.5 Å². The molecule has 1 unspecified atom stereocenters. The summed E-state index contributed by atoms with van der Waals surface area (Å²) in [6, 6.07) is 0. The third-order valence-electron chi connectivity index (χ3n) is 2.21. The van der Waals surface area contributed by atoms with E-state index in [2.05, 4.69) is 0 Å². The first-order valence-electron chi connectivity index (χ1n) is 4.45. The predicted molar refractivity (Wildman–Crippen MR) is 53.0 cm³/mol. The standard InChI is InChI=1S/C9H16O3S/c1-8(2,12)6-9(7(10)11)4-3-5-13-9/h12H,3-6H2,1-2H3,(H,10,11). The maximum Gasteiger partial charge on any atom is 0.319 e. The molecule has 0 spiro atoms. The number of carboxylic acids is 1. The van der Waals surface area contributed by atoms with Crippen molar-refractivity contribution < 1.29 is 15.0 Å². The van der Waals surface area contributed by atoms with Crippen LogP contribution in [0.3, 0.4) is 0 Å².